The van der Waals surface area contributed by atoms with Crippen LogP contribution in [0.15, 0.2) is 48.7 Å². The zero-order valence-corrected chi connectivity index (χ0v) is 18.5. The van der Waals surface area contributed by atoms with E-state index in [1.165, 1.54) is 6.07 Å². The van der Waals surface area contributed by atoms with Crippen molar-refractivity contribution in [2.45, 2.75) is 32.7 Å². The van der Waals surface area contributed by atoms with Crippen LogP contribution in [0, 0.1) is 35.3 Å². The van der Waals surface area contributed by atoms with Crippen LogP contribution in [0.2, 0.25) is 0 Å². The van der Waals surface area contributed by atoms with Crippen molar-refractivity contribution in [1.29, 1.82) is 5.26 Å². The van der Waals surface area contributed by atoms with E-state index in [-0.39, 0.29) is 16.7 Å². The molecule has 0 saturated carbocycles. The minimum Gasteiger partial charge on any atom is -0.438 e. The third-order valence-corrected chi connectivity index (χ3v) is 5.66. The van der Waals surface area contributed by atoms with Crippen LogP contribution in [0.4, 0.5) is 17.3 Å². The lowest BCUT2D eigenvalue weighted by Gasteiger charge is -2.33. The Morgan fingerprint density at radius 2 is 1.91 bits per heavy atom. The van der Waals surface area contributed by atoms with E-state index in [2.05, 4.69) is 26.3 Å². The van der Waals surface area contributed by atoms with Crippen molar-refractivity contribution in [3.05, 3.63) is 75.5 Å². The smallest absolute Gasteiger partial charge is 0.271 e. The molecule has 33 heavy (non-hydrogen) atoms. The van der Waals surface area contributed by atoms with Crippen molar-refractivity contribution >= 4 is 17.3 Å². The Kier molecular flexibility index (Phi) is 6.36. The number of nitro benzene ring substituents is 1. The van der Waals surface area contributed by atoms with Crippen molar-refractivity contribution in [2.24, 2.45) is 0 Å². The average molecular weight is 444 g/mol. The van der Waals surface area contributed by atoms with Gasteiger partial charge >= 0.3 is 0 Å². The third-order valence-electron chi connectivity index (χ3n) is 5.66. The molecule has 9 heteroatoms. The summed E-state index contributed by atoms with van der Waals surface area (Å²) in [6.45, 7) is 5.36. The van der Waals surface area contributed by atoms with E-state index in [1.807, 2.05) is 19.9 Å². The van der Waals surface area contributed by atoms with Crippen LogP contribution in [-0.4, -0.2) is 34.0 Å². The van der Waals surface area contributed by atoms with Crippen LogP contribution in [-0.2, 0) is 0 Å². The second-order valence-corrected chi connectivity index (χ2v) is 8.05. The molecule has 0 spiro atoms. The van der Waals surface area contributed by atoms with Gasteiger partial charge in [-0.3, -0.25) is 10.1 Å². The second kappa shape index (κ2) is 9.53. The number of aryl methyl sites for hydroxylation is 2. The molecule has 1 N–H and O–H groups in total. The van der Waals surface area contributed by atoms with Gasteiger partial charge in [-0.25, -0.2) is 4.98 Å². The summed E-state index contributed by atoms with van der Waals surface area (Å²) < 4.78 is 6.01. The van der Waals surface area contributed by atoms with E-state index >= 15 is 0 Å². The van der Waals surface area contributed by atoms with E-state index < -0.39 is 0 Å². The summed E-state index contributed by atoms with van der Waals surface area (Å²) >= 11 is 0. The summed E-state index contributed by atoms with van der Waals surface area (Å²) in [4.78, 5) is 21.6. The molecule has 0 atom stereocenters. The van der Waals surface area contributed by atoms with Crippen LogP contribution in [0.25, 0.3) is 0 Å². The standard InChI is InChI=1S/C24H24N6O3/c1-16-12-18(15-25)13-17(2)23(16)33-22-6-9-26-24(28-22)27-19-7-10-29(11-8-19)20-4-3-5-21(14-20)30(31)32/h3-6,9,12-14,19H,7-8,10-11H2,1-2H3,(H,26,27,28). The number of nitrogens with one attached hydrogen (secondary N) is 1. The fourth-order valence-electron chi connectivity index (χ4n) is 4.02. The van der Waals surface area contributed by atoms with Gasteiger partial charge in [-0.2, -0.15) is 10.2 Å². The lowest BCUT2D eigenvalue weighted by Crippen LogP contribution is -2.39. The number of non-ortho nitro benzene ring substituents is 1. The van der Waals surface area contributed by atoms with Crippen LogP contribution in [0.1, 0.15) is 29.5 Å². The Balaban J connectivity index is 1.39. The van der Waals surface area contributed by atoms with E-state index in [1.54, 1.807) is 36.5 Å². The number of hydrogen-bond acceptors (Lipinski definition) is 8. The van der Waals surface area contributed by atoms with E-state index in [0.717, 1.165) is 42.7 Å². The van der Waals surface area contributed by atoms with Crippen molar-refractivity contribution in [3.8, 4) is 17.7 Å². The van der Waals surface area contributed by atoms with Gasteiger partial charge in [0.2, 0.25) is 11.8 Å². The fourth-order valence-corrected chi connectivity index (χ4v) is 4.02. The molecule has 2 aromatic carbocycles. The molecule has 1 saturated heterocycles. The number of ether oxygens (including phenoxy) is 1. The first-order valence-electron chi connectivity index (χ1n) is 10.7. The van der Waals surface area contributed by atoms with Gasteiger partial charge in [0.25, 0.3) is 5.69 Å². The highest BCUT2D eigenvalue weighted by Crippen LogP contribution is 2.29. The lowest BCUT2D eigenvalue weighted by atomic mass is 10.0. The zero-order chi connectivity index (χ0) is 23.4. The number of nitrogens with zero attached hydrogens (tertiary/aromatic N) is 5. The Morgan fingerprint density at radius 1 is 1.18 bits per heavy atom. The number of hydrogen-bond donors (Lipinski definition) is 1. The molecule has 0 unspecified atom stereocenters. The van der Waals surface area contributed by atoms with Crippen molar-refractivity contribution < 1.29 is 9.66 Å². The third kappa shape index (κ3) is 5.18. The second-order valence-electron chi connectivity index (χ2n) is 8.05. The topological polar surface area (TPSA) is 117 Å². The quantitative estimate of drug-likeness (QED) is 0.428. The number of anilines is 2. The lowest BCUT2D eigenvalue weighted by molar-refractivity contribution is -0.384. The fraction of sp³-hybridized carbons (Fsp3) is 0.292. The van der Waals surface area contributed by atoms with Crippen LogP contribution in [0.3, 0.4) is 0 Å². The first-order valence-corrected chi connectivity index (χ1v) is 10.7. The van der Waals surface area contributed by atoms with Gasteiger partial charge in [0.15, 0.2) is 0 Å². The van der Waals surface area contributed by atoms with Gasteiger partial charge in [0.1, 0.15) is 5.75 Å². The maximum absolute atomic E-state index is 11.0. The maximum atomic E-state index is 11.0. The summed E-state index contributed by atoms with van der Waals surface area (Å²) in [6, 6.07) is 14.4. The largest absolute Gasteiger partial charge is 0.438 e. The molecule has 2 heterocycles. The highest BCUT2D eigenvalue weighted by Gasteiger charge is 2.21. The number of nitriles is 1. The number of piperidine rings is 1. The normalized spacial score (nSPS) is 13.9. The molecule has 0 aliphatic carbocycles. The first-order chi connectivity index (χ1) is 15.9. The van der Waals surface area contributed by atoms with Gasteiger partial charge in [-0.1, -0.05) is 6.07 Å². The Labute approximate surface area is 191 Å². The zero-order valence-electron chi connectivity index (χ0n) is 18.5. The molecule has 9 nitrogen and oxygen atoms in total. The molecule has 1 aromatic heterocycles. The summed E-state index contributed by atoms with van der Waals surface area (Å²) in [5.41, 5.74) is 3.30. The van der Waals surface area contributed by atoms with Gasteiger partial charge in [0, 0.05) is 49.2 Å². The van der Waals surface area contributed by atoms with Crippen molar-refractivity contribution in [1.82, 2.24) is 9.97 Å². The molecular weight excluding hydrogens is 420 g/mol. The molecule has 3 aromatic rings. The van der Waals surface area contributed by atoms with E-state index in [0.29, 0.717) is 23.1 Å². The number of rotatable bonds is 6. The highest BCUT2D eigenvalue weighted by atomic mass is 16.6. The summed E-state index contributed by atoms with van der Waals surface area (Å²) in [5, 5.41) is 23.5. The molecule has 1 fully saturated rings. The molecular formula is C24H24N6O3. The van der Waals surface area contributed by atoms with Gasteiger partial charge < -0.3 is 15.0 Å². The Morgan fingerprint density at radius 3 is 2.58 bits per heavy atom. The molecule has 4 rings (SSSR count). The summed E-state index contributed by atoms with van der Waals surface area (Å²) in [5.74, 6) is 1.60. The number of nitro groups is 1. The Hall–Kier alpha value is -4.19. The predicted molar refractivity (Wildman–Crippen MR) is 125 cm³/mol. The minimum absolute atomic E-state index is 0.103. The monoisotopic (exact) mass is 444 g/mol. The molecule has 1 aliphatic rings. The molecule has 0 amide bonds. The van der Waals surface area contributed by atoms with E-state index in [4.69, 9.17) is 10.00 Å². The van der Waals surface area contributed by atoms with Crippen LogP contribution >= 0.6 is 0 Å². The van der Waals surface area contributed by atoms with Crippen molar-refractivity contribution in [3.63, 3.8) is 0 Å². The van der Waals surface area contributed by atoms with Gasteiger partial charge in [-0.15, -0.1) is 0 Å². The highest BCUT2D eigenvalue weighted by molar-refractivity contribution is 5.53. The Bertz CT molecular complexity index is 1190. The molecule has 168 valence electrons. The summed E-state index contributed by atoms with van der Waals surface area (Å²) in [7, 11) is 0. The van der Waals surface area contributed by atoms with Gasteiger partial charge in [0.05, 0.1) is 16.6 Å². The summed E-state index contributed by atoms with van der Waals surface area (Å²) in [6.07, 6.45) is 3.35. The SMILES string of the molecule is Cc1cc(C#N)cc(C)c1Oc1ccnc(NC2CCN(c3cccc([N+](=O)[O-])c3)CC2)n1. The molecule has 0 bridgehead atoms. The number of benzene rings is 2. The van der Waals surface area contributed by atoms with Gasteiger partial charge in [-0.05, 0) is 56.0 Å². The van der Waals surface area contributed by atoms with Crippen LogP contribution in [0.5, 0.6) is 11.6 Å². The van der Waals surface area contributed by atoms with E-state index in [9.17, 15) is 10.1 Å². The minimum atomic E-state index is -0.370. The molecule has 1 aliphatic heterocycles. The van der Waals surface area contributed by atoms with Crippen molar-refractivity contribution in [2.75, 3.05) is 23.3 Å². The molecule has 0 radical (unpaired) electrons. The predicted octanol–water partition coefficient (Wildman–Crippen LogP) is 4.75. The number of aromatic nitrogens is 2. The first kappa shape index (κ1) is 22.0. The van der Waals surface area contributed by atoms with Crippen LogP contribution < -0.4 is 15.0 Å². The average Bonchev–Trinajstić information content (AvgIpc) is 2.82. The maximum Gasteiger partial charge on any atom is 0.271 e.